The molecule has 35 heteroatoms. The fraction of sp³-hybridized carbons (Fsp3) is 0.541. The van der Waals surface area contributed by atoms with E-state index in [1.165, 1.54) is 70.5 Å². The lowest BCUT2D eigenvalue weighted by Gasteiger charge is -2.39. The van der Waals surface area contributed by atoms with Gasteiger partial charge in [-0.3, -0.25) is 57.5 Å². The molecule has 0 saturated carbocycles. The van der Waals surface area contributed by atoms with Crippen molar-refractivity contribution in [3.8, 4) is 5.75 Å². The zero-order valence-electron chi connectivity index (χ0n) is 68.4. The second-order valence-corrected chi connectivity index (χ2v) is 33.0. The second-order valence-electron chi connectivity index (χ2n) is 33.0. The highest BCUT2D eigenvalue weighted by atomic mass is 19.1. The maximum Gasteiger partial charge on any atom is 0.329 e. The van der Waals surface area contributed by atoms with E-state index in [2.05, 4.69) is 41.9 Å². The second kappa shape index (κ2) is 38.2. The van der Waals surface area contributed by atoms with Crippen molar-refractivity contribution >= 4 is 93.9 Å². The van der Waals surface area contributed by atoms with Crippen LogP contribution in [0, 0.1) is 42.0 Å². The topological polar surface area (TPSA) is 387 Å². The largest absolute Gasteiger partial charge is 0.496 e. The van der Waals surface area contributed by atoms with Crippen LogP contribution >= 0.6 is 0 Å². The Kier molecular flexibility index (Phi) is 28.0. The lowest BCUT2D eigenvalue weighted by Crippen LogP contribution is -2.63. The number of aromatic nitrogens is 2. The minimum atomic E-state index is -1.62. The average Bonchev–Trinajstić information content (AvgIpc) is 1.51. The first-order chi connectivity index (χ1) is 57.2. The number of imidazole rings is 1. The minimum absolute atomic E-state index is 0.0356. The van der Waals surface area contributed by atoms with Gasteiger partial charge in [-0.15, -0.1) is 0 Å². The highest BCUT2D eigenvalue weighted by Gasteiger charge is 2.51. The number of piperidine rings is 2. The van der Waals surface area contributed by atoms with Gasteiger partial charge in [-0.2, -0.15) is 0 Å². The van der Waals surface area contributed by atoms with E-state index in [0.717, 1.165) is 29.8 Å². The van der Waals surface area contributed by atoms with E-state index >= 15 is 0 Å². The number of hydrogen-bond donors (Lipinski definition) is 7. The number of benzene rings is 4. The highest BCUT2D eigenvalue weighted by molar-refractivity contribution is 6.01. The van der Waals surface area contributed by atoms with Crippen LogP contribution in [0.3, 0.4) is 0 Å². The first-order valence-electron chi connectivity index (χ1n) is 41.2. The van der Waals surface area contributed by atoms with Gasteiger partial charge in [0.25, 0.3) is 0 Å². The molecule has 0 radical (unpaired) electrons. The molecule has 5 aromatic rings. The van der Waals surface area contributed by atoms with Gasteiger partial charge in [-0.25, -0.2) is 32.1 Å². The van der Waals surface area contributed by atoms with Crippen molar-refractivity contribution in [3.63, 3.8) is 0 Å². The van der Waals surface area contributed by atoms with E-state index in [9.17, 15) is 84.7 Å². The molecule has 0 bridgehead atoms. The number of carbonyl (C=O) groups is 14. The summed E-state index contributed by atoms with van der Waals surface area (Å²) in [5, 5.41) is 16.2. The Bertz CT molecular complexity index is 4740. The van der Waals surface area contributed by atoms with Crippen LogP contribution in [0.5, 0.6) is 5.75 Å². The maximum absolute atomic E-state index is 14.7. The summed E-state index contributed by atoms with van der Waals surface area (Å²) in [5.74, 6) is -12.5. The fourth-order valence-electron chi connectivity index (χ4n) is 17.7. The Hall–Kier alpha value is -11.6. The number of esters is 2. The molecule has 1 aromatic heterocycles. The SMILES string of the molecule is COc1cc(CC(=O)N[C@@H](Cc2cc(F)cc(F)c2)C(=O)N[C@@H]2C(=O)N3CCC[C@H]3C(=O)N3CCCC[C@H]3C(=O)N[C@@H](C)C(=O)N3C[C@H](C)C[C@H]3C(=O)O[C@H]2C)ccc1C.C[C@@H]1C[C@H]2C(=O)O[C@@H](C)[C@H](NC(=O)[C@H](Cc3cc(F)cc(F)c3)NC(=O)Cc3ccc4nc[nH]c4c3)C(=O)N3CCC[C@H]3C(=O)N3CCCC[C@H]3C(=O)N[C@@H](C)C(=O)N2C1. The average molecular weight is 1670 g/mol. The summed E-state index contributed by atoms with van der Waals surface area (Å²) in [6.45, 7) is 12.6. The Morgan fingerprint density at radius 2 is 0.875 bits per heavy atom. The molecule has 7 N–H and O–H groups in total. The number of cyclic esters (lactones) is 2. The van der Waals surface area contributed by atoms with E-state index in [1.807, 2.05) is 20.8 Å². The van der Waals surface area contributed by atoms with Gasteiger partial charge < -0.3 is 80.5 Å². The van der Waals surface area contributed by atoms with Crippen LogP contribution in [-0.2, 0) is 102 Å². The van der Waals surface area contributed by atoms with Crippen LogP contribution in [0.4, 0.5) is 17.6 Å². The van der Waals surface area contributed by atoms with E-state index in [4.69, 9.17) is 14.2 Å². The quantitative estimate of drug-likeness (QED) is 0.0579. The van der Waals surface area contributed by atoms with Crippen LogP contribution < -0.4 is 36.6 Å². The zero-order valence-corrected chi connectivity index (χ0v) is 68.4. The van der Waals surface area contributed by atoms with Crippen molar-refractivity contribution in [2.24, 2.45) is 11.8 Å². The van der Waals surface area contributed by atoms with E-state index in [1.54, 1.807) is 36.4 Å². The molecule has 8 saturated heterocycles. The van der Waals surface area contributed by atoms with Crippen molar-refractivity contribution in [1.82, 2.24) is 71.3 Å². The Labute approximate surface area is 691 Å². The summed E-state index contributed by atoms with van der Waals surface area (Å²) in [6, 6.07) is 1.55. The number of aromatic amines is 1. The predicted octanol–water partition coefficient (Wildman–Crippen LogP) is 3.75. The number of halogens is 4. The minimum Gasteiger partial charge on any atom is -0.496 e. The third-order valence-corrected chi connectivity index (χ3v) is 23.8. The normalized spacial score (nSPS) is 27.1. The number of nitrogens with one attached hydrogen (secondary N) is 7. The van der Waals surface area contributed by atoms with Gasteiger partial charge in [-0.1, -0.05) is 32.0 Å². The van der Waals surface area contributed by atoms with Gasteiger partial charge in [0.2, 0.25) is 70.9 Å². The summed E-state index contributed by atoms with van der Waals surface area (Å²) < 4.78 is 74.8. The van der Waals surface area contributed by atoms with E-state index in [-0.39, 0.29) is 107 Å². The zero-order chi connectivity index (χ0) is 86.2. The molecule has 8 fully saturated rings. The number of carbonyl (C=O) groups excluding carboxylic acids is 14. The van der Waals surface area contributed by atoms with Crippen molar-refractivity contribution in [2.75, 3.05) is 46.4 Å². The maximum atomic E-state index is 14.7. The first kappa shape index (κ1) is 87.8. The molecule has 120 heavy (non-hydrogen) atoms. The van der Waals surface area contributed by atoms with Gasteiger partial charge in [0.05, 0.1) is 37.3 Å². The predicted molar refractivity (Wildman–Crippen MR) is 422 cm³/mol. The van der Waals surface area contributed by atoms with E-state index < -0.39 is 197 Å². The molecule has 16 atom stereocenters. The summed E-state index contributed by atoms with van der Waals surface area (Å²) in [5.41, 5.74) is 3.40. The summed E-state index contributed by atoms with van der Waals surface area (Å²) >= 11 is 0. The van der Waals surface area contributed by atoms with Gasteiger partial charge in [0.1, 0.15) is 114 Å². The summed E-state index contributed by atoms with van der Waals surface area (Å²) in [6.07, 6.45) is 2.77. The number of H-pyrrole nitrogens is 1. The van der Waals surface area contributed by atoms with Gasteiger partial charge in [-0.05, 0) is 194 Å². The van der Waals surface area contributed by atoms with Crippen LogP contribution in [0.25, 0.3) is 11.0 Å². The molecule has 8 aliphatic heterocycles. The number of ether oxygens (including phenoxy) is 3. The summed E-state index contributed by atoms with van der Waals surface area (Å²) in [7, 11) is 1.49. The number of hydrogen-bond acceptors (Lipinski definition) is 18. The third kappa shape index (κ3) is 20.5. The molecule has 0 spiro atoms. The van der Waals surface area contributed by atoms with Crippen LogP contribution in [0.1, 0.15) is 146 Å². The van der Waals surface area contributed by atoms with Crippen molar-refractivity contribution in [1.29, 1.82) is 0 Å². The number of amides is 12. The smallest absolute Gasteiger partial charge is 0.329 e. The standard InChI is InChI=1S/C43H54F2N6O9.C42H50F2N8O8/c1-23-15-34-43(58)60-26(4)37(42(57)50-14-8-10-33(50)41(56)49-13-7-6-9-32(49)39(54)46-25(3)40(55)51(34)22-23)48-38(53)31(18-28-16-29(44)21-30(45)17-28)47-36(52)20-27-12-11-24(2)35(19-27)59-5;1-22-13-34-42(59)60-24(3)36(41(58)51-12-6-8-33(51)40(57)50-11-5-4-7-32(50)38(55)47-23(2)39(56)52(34)20-22)49-37(54)31(17-26-14-27(43)19-28(44)15-26)48-35(53)18-25-9-10-29-30(16-25)46-21-45-29/h11-12,16-17,19,21,23,25-26,31-34,37H,6-10,13-15,18,20,22H2,1-5H3,(H,46,54)(H,47,52)(H,48,53);9-10,14-16,19,21-24,31-34,36H,4-8,11-13,17-18,20H2,1-3H3,(H,45,46)(H,47,55)(H,48,53)(H,49,54)/t23-,25+,26+,31+,32+,33+,34+,37+;22-,23+,24+,31+,32+,33+,34+,36+/m11/s1. The molecule has 644 valence electrons. The van der Waals surface area contributed by atoms with Gasteiger partial charge in [0.15, 0.2) is 0 Å². The lowest BCUT2D eigenvalue weighted by atomic mass is 9.99. The van der Waals surface area contributed by atoms with Crippen LogP contribution in [0.2, 0.25) is 0 Å². The lowest BCUT2D eigenvalue weighted by molar-refractivity contribution is -0.163. The number of rotatable bonds is 15. The van der Waals surface area contributed by atoms with Crippen molar-refractivity contribution in [3.05, 3.63) is 130 Å². The monoisotopic (exact) mass is 1670 g/mol. The first-order valence-corrected chi connectivity index (χ1v) is 41.2. The molecule has 0 unspecified atom stereocenters. The van der Waals surface area contributed by atoms with Gasteiger partial charge >= 0.3 is 11.9 Å². The molecule has 12 amide bonds. The number of methoxy groups -OCH3 is 1. The summed E-state index contributed by atoms with van der Waals surface area (Å²) in [4.78, 5) is 212. The molecular weight excluding hydrogens is 1570 g/mol. The molecule has 0 aliphatic carbocycles. The van der Waals surface area contributed by atoms with Crippen molar-refractivity contribution < 1.29 is 98.9 Å². The number of fused-ring (bicyclic) bond motifs is 7. The Balaban J connectivity index is 0.000000220. The van der Waals surface area contributed by atoms with Gasteiger partial charge in [0, 0.05) is 64.2 Å². The molecule has 13 rings (SSSR count). The fourth-order valence-corrected chi connectivity index (χ4v) is 17.7. The molecule has 9 heterocycles. The Morgan fingerprint density at radius 1 is 0.475 bits per heavy atom. The van der Waals surface area contributed by atoms with Crippen LogP contribution in [0.15, 0.2) is 79.1 Å². The van der Waals surface area contributed by atoms with Crippen LogP contribution in [-0.4, -0.2) is 253 Å². The molecular formula is C85H104F4N14O17. The molecule has 4 aromatic carbocycles. The third-order valence-electron chi connectivity index (χ3n) is 23.8. The Morgan fingerprint density at radius 3 is 1.31 bits per heavy atom. The van der Waals surface area contributed by atoms with Crippen molar-refractivity contribution in [2.45, 2.75) is 236 Å². The molecule has 8 aliphatic rings. The number of nitrogens with zero attached hydrogens (tertiary/aromatic N) is 7. The highest BCUT2D eigenvalue weighted by Crippen LogP contribution is 2.33. The molecule has 31 nitrogen and oxygen atoms in total. The number of aryl methyl sites for hydroxylation is 1. The van der Waals surface area contributed by atoms with E-state index in [0.29, 0.717) is 91.4 Å².